The predicted molar refractivity (Wildman–Crippen MR) is 52.7 cm³/mol. The second kappa shape index (κ2) is 6.78. The summed E-state index contributed by atoms with van der Waals surface area (Å²) in [5.41, 5.74) is 0. The van der Waals surface area contributed by atoms with Crippen LogP contribution in [0.5, 0.6) is 0 Å². The molecule has 0 aliphatic carbocycles. The van der Waals surface area contributed by atoms with Gasteiger partial charge in [-0.2, -0.15) is 0 Å². The van der Waals surface area contributed by atoms with Gasteiger partial charge in [-0.25, -0.2) is 0 Å². The summed E-state index contributed by atoms with van der Waals surface area (Å²) in [6, 6.07) is -0.274. The molecule has 1 atom stereocenters. The van der Waals surface area contributed by atoms with E-state index >= 15 is 0 Å². The van der Waals surface area contributed by atoms with Crippen LogP contribution >= 0.6 is 0 Å². The number of hydrogen-bond acceptors (Lipinski definition) is 3. The highest BCUT2D eigenvalue weighted by Crippen LogP contribution is 2.02. The molecule has 0 aromatic rings. The number of carbonyl (C=O) groups is 2. The van der Waals surface area contributed by atoms with Crippen molar-refractivity contribution < 1.29 is 9.59 Å². The third-order valence-corrected chi connectivity index (χ3v) is 2.01. The normalized spacial score (nSPS) is 12.5. The van der Waals surface area contributed by atoms with E-state index in [0.717, 1.165) is 12.8 Å². The predicted octanol–water partition coefficient (Wildman–Crippen LogP) is 1.31. The summed E-state index contributed by atoms with van der Waals surface area (Å²) in [4.78, 5) is 22.3. The first-order valence-corrected chi connectivity index (χ1v) is 4.81. The third kappa shape index (κ3) is 5.53. The second-order valence-electron chi connectivity index (χ2n) is 3.32. The van der Waals surface area contributed by atoms with Crippen molar-refractivity contribution in [1.82, 2.24) is 5.32 Å². The van der Waals surface area contributed by atoms with Crippen LogP contribution in [0.4, 0.5) is 0 Å². The Kier molecular flexibility index (Phi) is 6.41. The smallest absolute Gasteiger partial charge is 0.150 e. The molecule has 0 spiro atoms. The van der Waals surface area contributed by atoms with Crippen molar-refractivity contribution in [3.8, 4) is 0 Å². The van der Waals surface area contributed by atoms with E-state index < -0.39 is 0 Å². The summed E-state index contributed by atoms with van der Waals surface area (Å²) >= 11 is 0. The highest BCUT2D eigenvalue weighted by molar-refractivity contribution is 5.89. The Balaban J connectivity index is 3.92. The fraction of sp³-hybridized carbons (Fsp3) is 0.800. The van der Waals surface area contributed by atoms with Crippen LogP contribution in [0.1, 0.15) is 39.5 Å². The van der Waals surface area contributed by atoms with Gasteiger partial charge in [-0.3, -0.25) is 9.59 Å². The van der Waals surface area contributed by atoms with Crippen LogP contribution in [0.3, 0.4) is 0 Å². The maximum absolute atomic E-state index is 11.5. The Bertz CT molecular complexity index is 178. The summed E-state index contributed by atoms with van der Waals surface area (Å²) in [5, 5.41) is 2.87. The zero-order chi connectivity index (χ0) is 10.3. The molecule has 3 heteroatoms. The van der Waals surface area contributed by atoms with Gasteiger partial charge in [0.25, 0.3) is 0 Å². The summed E-state index contributed by atoms with van der Waals surface area (Å²) in [6.07, 6.45) is 2.82. The lowest BCUT2D eigenvalue weighted by atomic mass is 10.0. The molecule has 0 heterocycles. The largest absolute Gasteiger partial charge is 0.310 e. The number of unbranched alkanes of at least 4 members (excludes halogenated alkanes) is 1. The number of nitrogens with one attached hydrogen (secondary N) is 1. The molecule has 0 aromatic heterocycles. The first kappa shape index (κ1) is 12.3. The van der Waals surface area contributed by atoms with Crippen LogP contribution in [0.2, 0.25) is 0 Å². The first-order chi connectivity index (χ1) is 6.11. The molecule has 1 N–H and O–H groups in total. The van der Waals surface area contributed by atoms with Gasteiger partial charge in [0.05, 0.1) is 6.04 Å². The monoisotopic (exact) mass is 185 g/mol. The van der Waals surface area contributed by atoms with Gasteiger partial charge in [-0.15, -0.1) is 0 Å². The number of carbonyl (C=O) groups excluding carboxylic acids is 2. The van der Waals surface area contributed by atoms with Gasteiger partial charge in [0.1, 0.15) is 11.6 Å². The van der Waals surface area contributed by atoms with E-state index in [1.54, 1.807) is 7.05 Å². The van der Waals surface area contributed by atoms with Crippen LogP contribution < -0.4 is 5.32 Å². The first-order valence-electron chi connectivity index (χ1n) is 4.81. The molecule has 13 heavy (non-hydrogen) atoms. The van der Waals surface area contributed by atoms with Crippen molar-refractivity contribution in [3.63, 3.8) is 0 Å². The molecule has 0 fully saturated rings. The fourth-order valence-electron chi connectivity index (χ4n) is 1.19. The number of rotatable bonds is 7. The number of Topliss-reactive ketones (excluding diaryl/α,β-unsaturated/α-hetero) is 2. The molecule has 0 aliphatic rings. The average Bonchev–Trinajstić information content (AvgIpc) is 2.09. The van der Waals surface area contributed by atoms with Crippen LogP contribution in [-0.2, 0) is 9.59 Å². The van der Waals surface area contributed by atoms with Crippen molar-refractivity contribution >= 4 is 11.6 Å². The Hall–Kier alpha value is -0.700. The zero-order valence-electron chi connectivity index (χ0n) is 8.72. The molecular weight excluding hydrogens is 166 g/mol. The van der Waals surface area contributed by atoms with Gasteiger partial charge in [-0.1, -0.05) is 13.3 Å². The summed E-state index contributed by atoms with van der Waals surface area (Å²) in [6.45, 7) is 3.56. The summed E-state index contributed by atoms with van der Waals surface area (Å²) in [5.74, 6) is 0.212. The van der Waals surface area contributed by atoms with E-state index in [-0.39, 0.29) is 17.6 Å². The van der Waals surface area contributed by atoms with E-state index in [1.807, 2.05) is 6.92 Å². The molecule has 76 valence electrons. The minimum Gasteiger partial charge on any atom is -0.310 e. The summed E-state index contributed by atoms with van der Waals surface area (Å²) < 4.78 is 0. The van der Waals surface area contributed by atoms with Crippen LogP contribution in [0.25, 0.3) is 0 Å². The van der Waals surface area contributed by atoms with Crippen LogP contribution in [0.15, 0.2) is 0 Å². The number of likely N-dealkylation sites (N-methyl/N-ethyl adjacent to an activating group) is 1. The van der Waals surface area contributed by atoms with Crippen LogP contribution in [-0.4, -0.2) is 24.7 Å². The van der Waals surface area contributed by atoms with Crippen molar-refractivity contribution in [1.29, 1.82) is 0 Å². The topological polar surface area (TPSA) is 46.2 Å². The van der Waals surface area contributed by atoms with Crippen molar-refractivity contribution in [3.05, 3.63) is 0 Å². The van der Waals surface area contributed by atoms with E-state index in [4.69, 9.17) is 0 Å². The molecule has 0 bridgehead atoms. The zero-order valence-corrected chi connectivity index (χ0v) is 8.72. The van der Waals surface area contributed by atoms with Gasteiger partial charge < -0.3 is 5.32 Å². The third-order valence-electron chi connectivity index (χ3n) is 2.01. The molecule has 0 rings (SSSR count). The number of ketones is 2. The Labute approximate surface area is 79.9 Å². The molecule has 3 nitrogen and oxygen atoms in total. The average molecular weight is 185 g/mol. The molecular formula is C10H19NO2. The van der Waals surface area contributed by atoms with E-state index in [1.165, 1.54) is 6.92 Å². The van der Waals surface area contributed by atoms with Gasteiger partial charge in [0, 0.05) is 12.8 Å². The Morgan fingerprint density at radius 3 is 2.38 bits per heavy atom. The van der Waals surface area contributed by atoms with Gasteiger partial charge in [0.15, 0.2) is 0 Å². The minimum absolute atomic E-state index is 0.0594. The molecule has 0 aromatic carbocycles. The lowest BCUT2D eigenvalue weighted by Gasteiger charge is -2.12. The molecule has 0 saturated carbocycles. The fourth-order valence-corrected chi connectivity index (χ4v) is 1.19. The van der Waals surface area contributed by atoms with Gasteiger partial charge in [-0.05, 0) is 20.4 Å². The lowest BCUT2D eigenvalue weighted by Crippen LogP contribution is -2.35. The quantitative estimate of drug-likeness (QED) is 0.650. The molecule has 0 unspecified atom stereocenters. The Morgan fingerprint density at radius 2 is 2.00 bits per heavy atom. The number of hydrogen-bond donors (Lipinski definition) is 1. The minimum atomic E-state index is -0.274. The Morgan fingerprint density at radius 1 is 1.38 bits per heavy atom. The van der Waals surface area contributed by atoms with E-state index in [0.29, 0.717) is 12.8 Å². The van der Waals surface area contributed by atoms with Gasteiger partial charge >= 0.3 is 0 Å². The van der Waals surface area contributed by atoms with Crippen molar-refractivity contribution in [2.75, 3.05) is 7.05 Å². The highest BCUT2D eigenvalue weighted by atomic mass is 16.1. The molecule has 0 saturated heterocycles. The summed E-state index contributed by atoms with van der Waals surface area (Å²) in [7, 11) is 1.72. The SMILES string of the molecule is CCCCC(=O)[C@H](CC(C)=O)NC. The second-order valence-corrected chi connectivity index (χ2v) is 3.32. The van der Waals surface area contributed by atoms with Crippen LogP contribution in [0, 0.1) is 0 Å². The maximum Gasteiger partial charge on any atom is 0.150 e. The van der Waals surface area contributed by atoms with E-state index in [9.17, 15) is 9.59 Å². The molecule has 0 radical (unpaired) electrons. The lowest BCUT2D eigenvalue weighted by molar-refractivity contribution is -0.125. The van der Waals surface area contributed by atoms with E-state index in [2.05, 4.69) is 5.32 Å². The van der Waals surface area contributed by atoms with Gasteiger partial charge in [0.2, 0.25) is 0 Å². The van der Waals surface area contributed by atoms with Crippen molar-refractivity contribution in [2.45, 2.75) is 45.6 Å². The standard InChI is InChI=1S/C10H19NO2/c1-4-5-6-10(13)9(11-3)7-8(2)12/h9,11H,4-7H2,1-3H3/t9-/m0/s1. The maximum atomic E-state index is 11.5. The highest BCUT2D eigenvalue weighted by Gasteiger charge is 2.16. The van der Waals surface area contributed by atoms with Crippen molar-refractivity contribution in [2.24, 2.45) is 0 Å². The molecule has 0 amide bonds. The molecule has 0 aliphatic heterocycles.